The van der Waals surface area contributed by atoms with E-state index in [2.05, 4.69) is 13.8 Å². The smallest absolute Gasteiger partial charge is 0.211 e. The molecule has 0 rings (SSSR count). The first-order valence-corrected chi connectivity index (χ1v) is 11.2. The lowest BCUT2D eigenvalue weighted by Crippen LogP contribution is -2.29. The second-order valence-corrected chi connectivity index (χ2v) is 8.58. The average Bonchev–Trinajstić information content (AvgIpc) is 2.48. The number of hydrogen-bond acceptors (Lipinski definition) is 3. The van der Waals surface area contributed by atoms with E-state index in [1.165, 1.54) is 32.1 Å². The van der Waals surface area contributed by atoms with Crippen molar-refractivity contribution in [2.24, 2.45) is 5.14 Å². The zero-order valence-electron chi connectivity index (χ0n) is 15.6. The molecule has 0 saturated heterocycles. The molecular formula is C18H39NO3S. The van der Waals surface area contributed by atoms with Gasteiger partial charge in [0.15, 0.2) is 0 Å². The molecule has 4 nitrogen and oxygen atoms in total. The average molecular weight is 350 g/mol. The van der Waals surface area contributed by atoms with Gasteiger partial charge in [-0.3, -0.25) is 0 Å². The van der Waals surface area contributed by atoms with Gasteiger partial charge in [0.2, 0.25) is 10.0 Å². The summed E-state index contributed by atoms with van der Waals surface area (Å²) in [5, 5.41) is 4.99. The summed E-state index contributed by atoms with van der Waals surface area (Å²) >= 11 is 0. The van der Waals surface area contributed by atoms with Gasteiger partial charge in [0.05, 0.1) is 11.4 Å². The molecule has 0 aliphatic carbocycles. The Balaban J connectivity index is 3.95. The molecule has 0 heterocycles. The maximum atomic E-state index is 11.7. The van der Waals surface area contributed by atoms with Gasteiger partial charge in [0.25, 0.3) is 0 Å². The van der Waals surface area contributed by atoms with Gasteiger partial charge in [-0.25, -0.2) is 13.6 Å². The van der Waals surface area contributed by atoms with E-state index in [0.29, 0.717) is 12.8 Å². The van der Waals surface area contributed by atoms with Crippen LogP contribution in [0.15, 0.2) is 0 Å². The highest BCUT2D eigenvalue weighted by Gasteiger charge is 2.21. The van der Waals surface area contributed by atoms with Crippen LogP contribution in [0, 0.1) is 0 Å². The number of ether oxygens (including phenoxy) is 1. The fourth-order valence-electron chi connectivity index (χ4n) is 2.73. The third-order valence-electron chi connectivity index (χ3n) is 4.39. The molecule has 0 spiro atoms. The third-order valence-corrected chi connectivity index (χ3v) is 5.79. The highest BCUT2D eigenvalue weighted by atomic mass is 32.2. The van der Waals surface area contributed by atoms with Crippen LogP contribution in [0.2, 0.25) is 0 Å². The second-order valence-electron chi connectivity index (χ2n) is 6.73. The summed E-state index contributed by atoms with van der Waals surface area (Å²) in [6.45, 7) is 7.12. The van der Waals surface area contributed by atoms with Crippen LogP contribution in [0.5, 0.6) is 0 Å². The van der Waals surface area contributed by atoms with Gasteiger partial charge >= 0.3 is 0 Å². The molecule has 0 aliphatic rings. The van der Waals surface area contributed by atoms with Crippen molar-refractivity contribution in [1.29, 1.82) is 0 Å². The van der Waals surface area contributed by atoms with E-state index in [-0.39, 0.29) is 6.10 Å². The van der Waals surface area contributed by atoms with Crippen molar-refractivity contribution in [1.82, 2.24) is 0 Å². The summed E-state index contributed by atoms with van der Waals surface area (Å²) in [7, 11) is -3.44. The van der Waals surface area contributed by atoms with Crippen LogP contribution in [0.25, 0.3) is 0 Å². The highest BCUT2D eigenvalue weighted by molar-refractivity contribution is 7.89. The Morgan fingerprint density at radius 3 is 1.96 bits per heavy atom. The largest absolute Gasteiger partial charge is 0.379 e. The SMILES string of the molecule is CCCCCCCCCC(CCC(C)OCCCC)S(N)(=O)=O. The summed E-state index contributed by atoms with van der Waals surface area (Å²) in [4.78, 5) is 0. The van der Waals surface area contributed by atoms with Crippen molar-refractivity contribution in [2.75, 3.05) is 6.61 Å². The molecule has 0 aromatic rings. The first-order valence-electron chi connectivity index (χ1n) is 9.55. The molecule has 0 aromatic heterocycles. The lowest BCUT2D eigenvalue weighted by atomic mass is 10.0. The van der Waals surface area contributed by atoms with Crippen LogP contribution in [0.3, 0.4) is 0 Å². The summed E-state index contributed by atoms with van der Waals surface area (Å²) in [6.07, 6.45) is 12.7. The van der Waals surface area contributed by atoms with E-state index in [4.69, 9.17) is 9.88 Å². The van der Waals surface area contributed by atoms with Crippen LogP contribution >= 0.6 is 0 Å². The summed E-state index contributed by atoms with van der Waals surface area (Å²) in [6, 6.07) is 0. The van der Waals surface area contributed by atoms with E-state index < -0.39 is 15.3 Å². The topological polar surface area (TPSA) is 69.4 Å². The van der Waals surface area contributed by atoms with E-state index >= 15 is 0 Å². The monoisotopic (exact) mass is 349 g/mol. The van der Waals surface area contributed by atoms with Gasteiger partial charge < -0.3 is 4.74 Å². The molecule has 0 amide bonds. The first kappa shape index (κ1) is 22.9. The number of rotatable bonds is 16. The van der Waals surface area contributed by atoms with Crippen molar-refractivity contribution in [3.8, 4) is 0 Å². The highest BCUT2D eigenvalue weighted by Crippen LogP contribution is 2.18. The molecule has 140 valence electrons. The Morgan fingerprint density at radius 2 is 1.39 bits per heavy atom. The standard InChI is InChI=1S/C18H39NO3S/c1-4-6-8-9-10-11-12-13-18(23(19,20)21)15-14-17(3)22-16-7-5-2/h17-18H,4-16H2,1-3H3,(H2,19,20,21). The molecule has 0 aromatic carbocycles. The van der Waals surface area contributed by atoms with Crippen LogP contribution in [0.4, 0.5) is 0 Å². The zero-order chi connectivity index (χ0) is 17.6. The van der Waals surface area contributed by atoms with Crippen molar-refractivity contribution >= 4 is 10.0 Å². The maximum Gasteiger partial charge on any atom is 0.211 e. The lowest BCUT2D eigenvalue weighted by molar-refractivity contribution is 0.0567. The van der Waals surface area contributed by atoms with Gasteiger partial charge in [-0.15, -0.1) is 0 Å². The Labute approximate surface area is 144 Å². The number of sulfonamides is 1. The first-order chi connectivity index (χ1) is 10.9. The molecule has 2 atom stereocenters. The van der Waals surface area contributed by atoms with Crippen molar-refractivity contribution in [3.05, 3.63) is 0 Å². The van der Waals surface area contributed by atoms with Crippen molar-refractivity contribution < 1.29 is 13.2 Å². The van der Waals surface area contributed by atoms with Crippen LogP contribution in [-0.4, -0.2) is 26.4 Å². The van der Waals surface area contributed by atoms with E-state index in [1.54, 1.807) is 0 Å². The van der Waals surface area contributed by atoms with E-state index in [1.807, 2.05) is 6.92 Å². The zero-order valence-corrected chi connectivity index (χ0v) is 16.4. The predicted molar refractivity (Wildman–Crippen MR) is 99.1 cm³/mol. The molecule has 0 radical (unpaired) electrons. The van der Waals surface area contributed by atoms with E-state index in [9.17, 15) is 8.42 Å². The molecule has 0 aliphatic heterocycles. The minimum Gasteiger partial charge on any atom is -0.379 e. The van der Waals surface area contributed by atoms with Gasteiger partial charge in [-0.1, -0.05) is 65.2 Å². The fraction of sp³-hybridized carbons (Fsp3) is 1.00. The molecule has 0 saturated carbocycles. The van der Waals surface area contributed by atoms with Crippen molar-refractivity contribution in [3.63, 3.8) is 0 Å². The molecule has 0 fully saturated rings. The third kappa shape index (κ3) is 14.0. The minimum atomic E-state index is -3.44. The number of primary sulfonamides is 1. The van der Waals surface area contributed by atoms with Gasteiger partial charge in [0, 0.05) is 6.61 Å². The van der Waals surface area contributed by atoms with Crippen LogP contribution < -0.4 is 5.14 Å². The Bertz CT molecular complexity index is 357. The molecule has 0 bridgehead atoms. The molecule has 5 heteroatoms. The molecular weight excluding hydrogens is 310 g/mol. The minimum absolute atomic E-state index is 0.111. The second kappa shape index (κ2) is 14.2. The van der Waals surface area contributed by atoms with Crippen LogP contribution in [-0.2, 0) is 14.8 Å². The molecule has 2 unspecified atom stereocenters. The van der Waals surface area contributed by atoms with Gasteiger partial charge in [-0.05, 0) is 32.6 Å². The van der Waals surface area contributed by atoms with Gasteiger partial charge in [0.1, 0.15) is 0 Å². The Kier molecular flexibility index (Phi) is 14.2. The maximum absolute atomic E-state index is 11.7. The predicted octanol–water partition coefficient (Wildman–Crippen LogP) is 4.77. The summed E-state index contributed by atoms with van der Waals surface area (Å²) in [5.74, 6) is 0. The summed E-state index contributed by atoms with van der Waals surface area (Å²) in [5.41, 5.74) is 0. The Morgan fingerprint density at radius 1 is 0.826 bits per heavy atom. The molecule has 2 N–H and O–H groups in total. The van der Waals surface area contributed by atoms with E-state index in [0.717, 1.165) is 38.7 Å². The number of hydrogen-bond donors (Lipinski definition) is 1. The summed E-state index contributed by atoms with van der Waals surface area (Å²) < 4.78 is 29.2. The Hall–Kier alpha value is -0.130. The number of nitrogens with two attached hydrogens (primary N) is 1. The van der Waals surface area contributed by atoms with Crippen molar-refractivity contribution in [2.45, 2.75) is 109 Å². The lowest BCUT2D eigenvalue weighted by Gasteiger charge is -2.18. The number of unbranched alkanes of at least 4 members (excludes halogenated alkanes) is 7. The normalized spacial score (nSPS) is 14.8. The quantitative estimate of drug-likeness (QED) is 0.408. The van der Waals surface area contributed by atoms with Crippen LogP contribution in [0.1, 0.15) is 97.8 Å². The molecule has 23 heavy (non-hydrogen) atoms. The fourth-order valence-corrected chi connectivity index (χ4v) is 3.69. The van der Waals surface area contributed by atoms with Gasteiger partial charge in [-0.2, -0.15) is 0 Å².